The maximum absolute atomic E-state index is 11.8. The van der Waals surface area contributed by atoms with Crippen molar-refractivity contribution in [2.45, 2.75) is 57.9 Å². The Bertz CT molecular complexity index is 247. The lowest BCUT2D eigenvalue weighted by molar-refractivity contribution is -0.122. The van der Waals surface area contributed by atoms with Crippen LogP contribution in [-0.2, 0) is 4.79 Å². The first-order chi connectivity index (χ1) is 8.22. The minimum atomic E-state index is -0.297. The van der Waals surface area contributed by atoms with E-state index in [9.17, 15) is 4.79 Å². The van der Waals surface area contributed by atoms with Crippen molar-refractivity contribution in [3.63, 3.8) is 0 Å². The molecule has 0 radical (unpaired) electrons. The van der Waals surface area contributed by atoms with Gasteiger partial charge in [-0.3, -0.25) is 4.79 Å². The van der Waals surface area contributed by atoms with Crippen LogP contribution in [-0.4, -0.2) is 18.5 Å². The molecule has 0 bridgehead atoms. The van der Waals surface area contributed by atoms with E-state index in [0.29, 0.717) is 0 Å². The Kier molecular flexibility index (Phi) is 4.43. The first-order valence-electron chi connectivity index (χ1n) is 7.25. The van der Waals surface area contributed by atoms with Gasteiger partial charge in [-0.25, -0.2) is 0 Å². The Morgan fingerprint density at radius 2 is 1.88 bits per heavy atom. The molecule has 98 valence electrons. The molecule has 0 aromatic rings. The minimum absolute atomic E-state index is 0.0600. The van der Waals surface area contributed by atoms with Crippen LogP contribution in [0.4, 0.5) is 0 Å². The SMILES string of the molecule is CCCCC(N)C(=O)NCC(C1CC1)C1CC1. The van der Waals surface area contributed by atoms with Crippen molar-refractivity contribution in [1.82, 2.24) is 5.32 Å². The second kappa shape index (κ2) is 5.85. The van der Waals surface area contributed by atoms with E-state index in [1.807, 2.05) is 0 Å². The highest BCUT2D eigenvalue weighted by atomic mass is 16.2. The predicted octanol–water partition coefficient (Wildman–Crippen LogP) is 2.06. The van der Waals surface area contributed by atoms with E-state index in [0.717, 1.165) is 43.6 Å². The number of nitrogens with one attached hydrogen (secondary N) is 1. The summed E-state index contributed by atoms with van der Waals surface area (Å²) in [4.78, 5) is 11.8. The molecule has 1 unspecified atom stereocenters. The van der Waals surface area contributed by atoms with Crippen LogP contribution in [0.2, 0.25) is 0 Å². The fourth-order valence-corrected chi connectivity index (χ4v) is 2.67. The highest BCUT2D eigenvalue weighted by Crippen LogP contribution is 2.48. The Hall–Kier alpha value is -0.570. The average Bonchev–Trinajstić information content (AvgIpc) is 3.15. The van der Waals surface area contributed by atoms with Gasteiger partial charge in [0, 0.05) is 6.54 Å². The summed E-state index contributed by atoms with van der Waals surface area (Å²) in [6.07, 6.45) is 8.46. The average molecular weight is 238 g/mol. The third-order valence-electron chi connectivity index (χ3n) is 4.17. The number of hydrogen-bond acceptors (Lipinski definition) is 2. The molecule has 3 N–H and O–H groups in total. The van der Waals surface area contributed by atoms with Crippen molar-refractivity contribution in [1.29, 1.82) is 0 Å². The minimum Gasteiger partial charge on any atom is -0.354 e. The highest BCUT2D eigenvalue weighted by molar-refractivity contribution is 5.81. The lowest BCUT2D eigenvalue weighted by Crippen LogP contribution is -2.42. The first-order valence-corrected chi connectivity index (χ1v) is 7.25. The van der Waals surface area contributed by atoms with Crippen molar-refractivity contribution in [2.24, 2.45) is 23.5 Å². The first kappa shape index (κ1) is 12.9. The Morgan fingerprint density at radius 1 is 1.29 bits per heavy atom. The smallest absolute Gasteiger partial charge is 0.236 e. The Labute approximate surface area is 105 Å². The Morgan fingerprint density at radius 3 is 2.35 bits per heavy atom. The molecule has 1 amide bonds. The van der Waals surface area contributed by atoms with Gasteiger partial charge in [0.1, 0.15) is 0 Å². The normalized spacial score (nSPS) is 21.6. The van der Waals surface area contributed by atoms with Crippen molar-refractivity contribution >= 4 is 5.91 Å². The molecule has 2 rings (SSSR count). The summed E-state index contributed by atoms with van der Waals surface area (Å²) in [7, 11) is 0. The van der Waals surface area contributed by atoms with Gasteiger partial charge < -0.3 is 11.1 Å². The summed E-state index contributed by atoms with van der Waals surface area (Å²) in [5.41, 5.74) is 5.86. The van der Waals surface area contributed by atoms with Gasteiger partial charge >= 0.3 is 0 Å². The molecule has 2 fully saturated rings. The zero-order chi connectivity index (χ0) is 12.3. The van der Waals surface area contributed by atoms with Gasteiger partial charge in [-0.1, -0.05) is 19.8 Å². The van der Waals surface area contributed by atoms with Crippen LogP contribution in [0.3, 0.4) is 0 Å². The van der Waals surface area contributed by atoms with Gasteiger partial charge in [-0.05, 0) is 49.9 Å². The van der Waals surface area contributed by atoms with Crippen molar-refractivity contribution in [3.8, 4) is 0 Å². The fourth-order valence-electron chi connectivity index (χ4n) is 2.67. The molecule has 2 aliphatic carbocycles. The second-order valence-corrected chi connectivity index (χ2v) is 5.83. The molecular formula is C14H26N2O. The molecule has 0 heterocycles. The van der Waals surface area contributed by atoms with Crippen molar-refractivity contribution in [3.05, 3.63) is 0 Å². The molecule has 3 nitrogen and oxygen atoms in total. The third-order valence-corrected chi connectivity index (χ3v) is 4.17. The molecule has 0 aliphatic heterocycles. The molecular weight excluding hydrogens is 212 g/mol. The summed E-state index contributed by atoms with van der Waals surface area (Å²) in [6.45, 7) is 2.99. The Balaban J connectivity index is 1.67. The molecule has 3 heteroatoms. The molecule has 0 aromatic heterocycles. The topological polar surface area (TPSA) is 55.1 Å². The number of carbonyl (C=O) groups excluding carboxylic acids is 1. The van der Waals surface area contributed by atoms with E-state index in [1.165, 1.54) is 25.7 Å². The molecule has 1 atom stereocenters. The number of nitrogens with two attached hydrogens (primary N) is 1. The van der Waals surface area contributed by atoms with Crippen LogP contribution in [0.25, 0.3) is 0 Å². The van der Waals surface area contributed by atoms with Crippen LogP contribution in [0.1, 0.15) is 51.9 Å². The number of unbranched alkanes of at least 4 members (excludes halogenated alkanes) is 1. The van der Waals surface area contributed by atoms with Gasteiger partial charge in [0.25, 0.3) is 0 Å². The molecule has 0 spiro atoms. The van der Waals surface area contributed by atoms with E-state index >= 15 is 0 Å². The zero-order valence-electron chi connectivity index (χ0n) is 11.0. The van der Waals surface area contributed by atoms with Crippen LogP contribution < -0.4 is 11.1 Å². The molecule has 17 heavy (non-hydrogen) atoms. The van der Waals surface area contributed by atoms with Gasteiger partial charge in [-0.15, -0.1) is 0 Å². The van der Waals surface area contributed by atoms with E-state index in [2.05, 4.69) is 12.2 Å². The zero-order valence-corrected chi connectivity index (χ0v) is 11.0. The summed E-state index contributed by atoms with van der Waals surface area (Å²) in [5.74, 6) is 2.60. The standard InChI is InChI=1S/C14H26N2O/c1-2-3-4-13(15)14(17)16-9-12(10-5-6-10)11-7-8-11/h10-13H,2-9,15H2,1H3,(H,16,17). The maximum atomic E-state index is 11.8. The van der Waals surface area contributed by atoms with Gasteiger partial charge in [0.15, 0.2) is 0 Å². The van der Waals surface area contributed by atoms with Crippen LogP contribution in [0, 0.1) is 17.8 Å². The number of carbonyl (C=O) groups is 1. The monoisotopic (exact) mass is 238 g/mol. The highest BCUT2D eigenvalue weighted by Gasteiger charge is 2.41. The summed E-state index contributed by atoms with van der Waals surface area (Å²) >= 11 is 0. The molecule has 2 saturated carbocycles. The predicted molar refractivity (Wildman–Crippen MR) is 69.4 cm³/mol. The van der Waals surface area contributed by atoms with Crippen LogP contribution >= 0.6 is 0 Å². The maximum Gasteiger partial charge on any atom is 0.236 e. The molecule has 2 aliphatic rings. The van der Waals surface area contributed by atoms with E-state index in [1.54, 1.807) is 0 Å². The number of amides is 1. The summed E-state index contributed by atoms with van der Waals surface area (Å²) < 4.78 is 0. The fraction of sp³-hybridized carbons (Fsp3) is 0.929. The number of hydrogen-bond donors (Lipinski definition) is 2. The summed E-state index contributed by atoms with van der Waals surface area (Å²) in [5, 5.41) is 3.07. The quantitative estimate of drug-likeness (QED) is 0.680. The van der Waals surface area contributed by atoms with Crippen molar-refractivity contribution in [2.75, 3.05) is 6.54 Å². The number of rotatable bonds is 8. The van der Waals surface area contributed by atoms with Gasteiger partial charge in [0.2, 0.25) is 5.91 Å². The molecule has 0 aromatic carbocycles. The van der Waals surface area contributed by atoms with E-state index in [4.69, 9.17) is 5.73 Å². The largest absolute Gasteiger partial charge is 0.354 e. The van der Waals surface area contributed by atoms with Crippen molar-refractivity contribution < 1.29 is 4.79 Å². The third kappa shape index (κ3) is 3.98. The van der Waals surface area contributed by atoms with Crippen LogP contribution in [0.5, 0.6) is 0 Å². The van der Waals surface area contributed by atoms with Gasteiger partial charge in [0.05, 0.1) is 6.04 Å². The van der Waals surface area contributed by atoms with E-state index in [-0.39, 0.29) is 11.9 Å². The van der Waals surface area contributed by atoms with Crippen LogP contribution in [0.15, 0.2) is 0 Å². The van der Waals surface area contributed by atoms with Gasteiger partial charge in [-0.2, -0.15) is 0 Å². The molecule has 0 saturated heterocycles. The summed E-state index contributed by atoms with van der Waals surface area (Å²) in [6, 6.07) is -0.297. The lowest BCUT2D eigenvalue weighted by Gasteiger charge is -2.18. The van der Waals surface area contributed by atoms with E-state index < -0.39 is 0 Å². The lowest BCUT2D eigenvalue weighted by atomic mass is 9.97. The second-order valence-electron chi connectivity index (χ2n) is 5.83.